The van der Waals surface area contributed by atoms with Gasteiger partial charge in [-0.25, -0.2) is 0 Å². The van der Waals surface area contributed by atoms with Crippen molar-refractivity contribution >= 4 is 5.91 Å². The van der Waals surface area contributed by atoms with Crippen molar-refractivity contribution in [3.63, 3.8) is 0 Å². The summed E-state index contributed by atoms with van der Waals surface area (Å²) >= 11 is 0. The molecule has 0 saturated carbocycles. The zero-order valence-electron chi connectivity index (χ0n) is 12.7. The van der Waals surface area contributed by atoms with E-state index >= 15 is 0 Å². The molecule has 7 nitrogen and oxygen atoms in total. The molecular formula is C14H22N4O3. The van der Waals surface area contributed by atoms with Gasteiger partial charge < -0.3 is 19.0 Å². The largest absolute Gasteiger partial charge is 0.414 e. The Labute approximate surface area is 124 Å². The van der Waals surface area contributed by atoms with Crippen molar-refractivity contribution in [1.29, 1.82) is 0 Å². The summed E-state index contributed by atoms with van der Waals surface area (Å²) in [4.78, 5) is 16.7. The van der Waals surface area contributed by atoms with Gasteiger partial charge in [0.1, 0.15) is 6.61 Å². The summed E-state index contributed by atoms with van der Waals surface area (Å²) in [5, 5.41) is 7.67. The lowest BCUT2D eigenvalue weighted by molar-refractivity contribution is 0.0492. The maximum Gasteiger partial charge on any atom is 0.311 e. The fourth-order valence-electron chi connectivity index (χ4n) is 3.53. The number of rotatable bonds is 3. The Hall–Kier alpha value is -1.47. The fourth-order valence-corrected chi connectivity index (χ4v) is 3.53. The van der Waals surface area contributed by atoms with Gasteiger partial charge in [0.2, 0.25) is 5.89 Å². The smallest absolute Gasteiger partial charge is 0.311 e. The third kappa shape index (κ3) is 2.94. The number of likely N-dealkylation sites (tertiary alicyclic amines) is 2. The van der Waals surface area contributed by atoms with E-state index < -0.39 is 0 Å². The second kappa shape index (κ2) is 5.73. The number of nitrogens with zero attached hydrogens (tertiary/aromatic N) is 4. The second-order valence-electron chi connectivity index (χ2n) is 6.25. The number of amides is 1. The molecule has 1 amide bonds. The predicted molar refractivity (Wildman–Crippen MR) is 74.7 cm³/mol. The molecule has 2 aliphatic heterocycles. The first-order valence-electron chi connectivity index (χ1n) is 7.41. The Morgan fingerprint density at radius 1 is 1.33 bits per heavy atom. The Balaban J connectivity index is 1.69. The SMILES string of the molecule is COCc1nnc(C(=O)N2CCC[C@]3(CCN(C)C3)C2)o1. The maximum atomic E-state index is 12.5. The molecule has 2 fully saturated rings. The van der Waals surface area contributed by atoms with Crippen LogP contribution >= 0.6 is 0 Å². The minimum absolute atomic E-state index is 0.0745. The van der Waals surface area contributed by atoms with Gasteiger partial charge >= 0.3 is 11.8 Å². The lowest BCUT2D eigenvalue weighted by atomic mass is 9.79. The number of carbonyl (C=O) groups is 1. The number of carbonyl (C=O) groups excluding carboxylic acids is 1. The highest BCUT2D eigenvalue weighted by molar-refractivity contribution is 5.89. The van der Waals surface area contributed by atoms with Crippen molar-refractivity contribution < 1.29 is 13.9 Å². The van der Waals surface area contributed by atoms with Gasteiger partial charge in [-0.2, -0.15) is 0 Å². The molecule has 0 unspecified atom stereocenters. The van der Waals surface area contributed by atoms with Crippen molar-refractivity contribution in [2.24, 2.45) is 5.41 Å². The van der Waals surface area contributed by atoms with E-state index in [1.165, 1.54) is 6.42 Å². The molecule has 3 heterocycles. The molecule has 0 aliphatic carbocycles. The summed E-state index contributed by atoms with van der Waals surface area (Å²) in [6.45, 7) is 3.97. The number of ether oxygens (including phenoxy) is 1. The van der Waals surface area contributed by atoms with Crippen LogP contribution in [-0.4, -0.2) is 66.2 Å². The van der Waals surface area contributed by atoms with Crippen LogP contribution in [0, 0.1) is 5.41 Å². The van der Waals surface area contributed by atoms with Gasteiger partial charge in [0.15, 0.2) is 0 Å². The Morgan fingerprint density at radius 2 is 2.19 bits per heavy atom. The number of piperidine rings is 1. The van der Waals surface area contributed by atoms with Crippen LogP contribution in [0.1, 0.15) is 35.8 Å². The van der Waals surface area contributed by atoms with Gasteiger partial charge in [-0.3, -0.25) is 4.79 Å². The first kappa shape index (κ1) is 14.5. The molecule has 7 heteroatoms. The average molecular weight is 294 g/mol. The van der Waals surface area contributed by atoms with E-state index in [-0.39, 0.29) is 23.8 Å². The van der Waals surface area contributed by atoms with Crippen molar-refractivity contribution in [1.82, 2.24) is 20.0 Å². The monoisotopic (exact) mass is 294 g/mol. The highest BCUT2D eigenvalue weighted by Gasteiger charge is 2.42. The van der Waals surface area contributed by atoms with E-state index in [1.54, 1.807) is 7.11 Å². The van der Waals surface area contributed by atoms with Gasteiger partial charge in [-0.15, -0.1) is 10.2 Å². The summed E-state index contributed by atoms with van der Waals surface area (Å²) in [6.07, 6.45) is 3.39. The van der Waals surface area contributed by atoms with E-state index in [0.29, 0.717) is 5.89 Å². The number of hydrogen-bond acceptors (Lipinski definition) is 6. The number of hydrogen-bond donors (Lipinski definition) is 0. The molecule has 0 N–H and O–H groups in total. The van der Waals surface area contributed by atoms with E-state index in [4.69, 9.17) is 9.15 Å². The Kier molecular flexibility index (Phi) is 3.95. The minimum Gasteiger partial charge on any atom is -0.414 e. The van der Waals surface area contributed by atoms with E-state index in [2.05, 4.69) is 22.1 Å². The Bertz CT molecular complexity index is 514. The molecule has 116 valence electrons. The third-order valence-corrected chi connectivity index (χ3v) is 4.50. The molecule has 21 heavy (non-hydrogen) atoms. The lowest BCUT2D eigenvalue weighted by Crippen LogP contribution is -2.47. The van der Waals surface area contributed by atoms with Crippen LogP contribution in [-0.2, 0) is 11.3 Å². The molecule has 1 aromatic rings. The topological polar surface area (TPSA) is 71.7 Å². The predicted octanol–water partition coefficient (Wildman–Crippen LogP) is 0.774. The molecule has 1 aromatic heterocycles. The van der Waals surface area contributed by atoms with Crippen molar-refractivity contribution in [3.8, 4) is 0 Å². The van der Waals surface area contributed by atoms with E-state index in [9.17, 15) is 4.79 Å². The van der Waals surface area contributed by atoms with Crippen LogP contribution in [0.25, 0.3) is 0 Å². The van der Waals surface area contributed by atoms with E-state index in [1.807, 2.05) is 4.90 Å². The molecule has 2 aliphatic rings. The lowest BCUT2D eigenvalue weighted by Gasteiger charge is -2.39. The van der Waals surface area contributed by atoms with Crippen LogP contribution in [0.5, 0.6) is 0 Å². The Morgan fingerprint density at radius 3 is 2.90 bits per heavy atom. The van der Waals surface area contributed by atoms with Crippen LogP contribution in [0.3, 0.4) is 0 Å². The quantitative estimate of drug-likeness (QED) is 0.820. The summed E-state index contributed by atoms with van der Waals surface area (Å²) in [5.74, 6) is 0.261. The van der Waals surface area contributed by atoms with Gasteiger partial charge in [-0.1, -0.05) is 0 Å². The molecule has 3 rings (SSSR count). The molecule has 0 bridgehead atoms. The number of methoxy groups -OCH3 is 1. The maximum absolute atomic E-state index is 12.5. The molecule has 1 spiro atoms. The average Bonchev–Trinajstić information content (AvgIpc) is 3.06. The highest BCUT2D eigenvalue weighted by atomic mass is 16.5. The molecular weight excluding hydrogens is 272 g/mol. The summed E-state index contributed by atoms with van der Waals surface area (Å²) in [7, 11) is 3.70. The van der Waals surface area contributed by atoms with Gasteiger partial charge in [0.25, 0.3) is 0 Å². The van der Waals surface area contributed by atoms with Crippen LogP contribution < -0.4 is 0 Å². The first-order valence-corrected chi connectivity index (χ1v) is 7.41. The van der Waals surface area contributed by atoms with Crippen LogP contribution in [0.2, 0.25) is 0 Å². The summed E-state index contributed by atoms with van der Waals surface area (Å²) < 4.78 is 10.3. The van der Waals surface area contributed by atoms with Gasteiger partial charge in [0.05, 0.1) is 0 Å². The fraction of sp³-hybridized carbons (Fsp3) is 0.786. The van der Waals surface area contributed by atoms with Crippen molar-refractivity contribution in [2.75, 3.05) is 40.3 Å². The summed E-state index contributed by atoms with van der Waals surface area (Å²) in [6, 6.07) is 0. The molecule has 0 radical (unpaired) electrons. The van der Waals surface area contributed by atoms with E-state index in [0.717, 1.165) is 39.0 Å². The second-order valence-corrected chi connectivity index (χ2v) is 6.25. The highest BCUT2D eigenvalue weighted by Crippen LogP contribution is 2.38. The van der Waals surface area contributed by atoms with Crippen molar-refractivity contribution in [3.05, 3.63) is 11.8 Å². The zero-order chi connectivity index (χ0) is 14.9. The zero-order valence-corrected chi connectivity index (χ0v) is 12.7. The van der Waals surface area contributed by atoms with Gasteiger partial charge in [0, 0.05) is 32.2 Å². The van der Waals surface area contributed by atoms with Gasteiger partial charge in [-0.05, 0) is 32.9 Å². The van der Waals surface area contributed by atoms with Crippen LogP contribution in [0.15, 0.2) is 4.42 Å². The normalized spacial score (nSPS) is 26.7. The van der Waals surface area contributed by atoms with Crippen LogP contribution in [0.4, 0.5) is 0 Å². The number of aromatic nitrogens is 2. The third-order valence-electron chi connectivity index (χ3n) is 4.50. The minimum atomic E-state index is -0.154. The standard InChI is InChI=1S/C14H22N4O3/c1-17-7-5-14(9-17)4-3-6-18(10-14)13(19)12-16-15-11(21-12)8-20-2/h3-10H2,1-2H3/t14-/m1/s1. The first-order chi connectivity index (χ1) is 10.1. The molecule has 2 saturated heterocycles. The van der Waals surface area contributed by atoms with Crippen molar-refractivity contribution in [2.45, 2.75) is 25.9 Å². The summed E-state index contributed by atoms with van der Waals surface area (Å²) in [5.41, 5.74) is 0.248. The molecule has 1 atom stereocenters. The molecule has 0 aromatic carbocycles.